The molecule has 34 heavy (non-hydrogen) atoms. The van der Waals surface area contributed by atoms with Gasteiger partial charge in [0.25, 0.3) is 5.91 Å². The van der Waals surface area contributed by atoms with Gasteiger partial charge >= 0.3 is 5.97 Å². The van der Waals surface area contributed by atoms with Gasteiger partial charge in [-0.1, -0.05) is 42.0 Å². The molecule has 8 heteroatoms. The monoisotopic (exact) mass is 473 g/mol. The van der Waals surface area contributed by atoms with Gasteiger partial charge in [0, 0.05) is 22.7 Å². The largest absolute Gasteiger partial charge is 0.455 e. The number of nitriles is 1. The summed E-state index contributed by atoms with van der Waals surface area (Å²) in [6.07, 6.45) is -0.00986. The molecule has 0 radical (unpaired) electrons. The standard InChI is InChI=1S/C26H23N3O4S/c1-18-9-11-20(12-10-18)29-23(30)16-21(25(29)22-8-5-15-34-22)26(32)33-17-24(31)28(14-13-27)19-6-3-2-4-7-19/h2-12,15,21,25H,14,16-17H2,1H3. The molecule has 2 heterocycles. The van der Waals surface area contributed by atoms with Crippen molar-refractivity contribution in [1.82, 2.24) is 0 Å². The lowest BCUT2D eigenvalue weighted by atomic mass is 9.99. The Balaban J connectivity index is 1.52. The van der Waals surface area contributed by atoms with Gasteiger partial charge in [0.05, 0.1) is 18.0 Å². The van der Waals surface area contributed by atoms with E-state index in [2.05, 4.69) is 0 Å². The van der Waals surface area contributed by atoms with Gasteiger partial charge in [-0.05, 0) is 42.6 Å². The van der Waals surface area contributed by atoms with E-state index in [1.165, 1.54) is 16.2 Å². The lowest BCUT2D eigenvalue weighted by Crippen LogP contribution is -2.36. The maximum atomic E-state index is 13.1. The summed E-state index contributed by atoms with van der Waals surface area (Å²) in [4.78, 5) is 42.7. The average molecular weight is 474 g/mol. The highest BCUT2D eigenvalue weighted by Gasteiger charge is 2.46. The van der Waals surface area contributed by atoms with Gasteiger partial charge < -0.3 is 9.64 Å². The molecule has 1 aliphatic rings. The van der Waals surface area contributed by atoms with Crippen LogP contribution < -0.4 is 9.80 Å². The number of ether oxygens (including phenoxy) is 1. The second-order valence-corrected chi connectivity index (χ2v) is 8.93. The van der Waals surface area contributed by atoms with Crippen LogP contribution in [0.1, 0.15) is 22.9 Å². The number of hydrogen-bond donors (Lipinski definition) is 0. The Morgan fingerprint density at radius 3 is 2.50 bits per heavy atom. The molecule has 1 saturated heterocycles. The number of anilines is 2. The zero-order valence-corrected chi connectivity index (χ0v) is 19.4. The van der Waals surface area contributed by atoms with Gasteiger partial charge in [0.2, 0.25) is 5.91 Å². The summed E-state index contributed by atoms with van der Waals surface area (Å²) in [6.45, 7) is 1.29. The molecule has 1 aliphatic heterocycles. The third-order valence-corrected chi connectivity index (χ3v) is 6.65. The molecule has 7 nitrogen and oxygen atoms in total. The zero-order valence-electron chi connectivity index (χ0n) is 18.6. The molecule has 1 fully saturated rings. The Morgan fingerprint density at radius 1 is 1.12 bits per heavy atom. The summed E-state index contributed by atoms with van der Waals surface area (Å²) in [6, 6.07) is 21.5. The van der Waals surface area contributed by atoms with Gasteiger partial charge in [-0.2, -0.15) is 5.26 Å². The van der Waals surface area contributed by atoms with Gasteiger partial charge in [-0.3, -0.25) is 19.3 Å². The van der Waals surface area contributed by atoms with Crippen LogP contribution in [0.4, 0.5) is 11.4 Å². The molecule has 2 aromatic carbocycles. The Hall–Kier alpha value is -3.96. The van der Waals surface area contributed by atoms with Crippen molar-refractivity contribution in [3.05, 3.63) is 82.6 Å². The highest BCUT2D eigenvalue weighted by atomic mass is 32.1. The molecule has 2 amide bonds. The number of carbonyl (C=O) groups excluding carboxylic acids is 3. The predicted molar refractivity (Wildman–Crippen MR) is 129 cm³/mol. The van der Waals surface area contributed by atoms with Crippen molar-refractivity contribution in [2.75, 3.05) is 23.0 Å². The van der Waals surface area contributed by atoms with Crippen molar-refractivity contribution < 1.29 is 19.1 Å². The van der Waals surface area contributed by atoms with E-state index in [-0.39, 0.29) is 18.9 Å². The van der Waals surface area contributed by atoms with Crippen LogP contribution in [0.5, 0.6) is 0 Å². The van der Waals surface area contributed by atoms with Gasteiger partial charge in [-0.15, -0.1) is 11.3 Å². The van der Waals surface area contributed by atoms with Crippen LogP contribution >= 0.6 is 11.3 Å². The summed E-state index contributed by atoms with van der Waals surface area (Å²) in [5.74, 6) is -2.04. The highest BCUT2D eigenvalue weighted by Crippen LogP contribution is 2.43. The van der Waals surface area contributed by atoms with Crippen molar-refractivity contribution in [1.29, 1.82) is 5.26 Å². The summed E-state index contributed by atoms with van der Waals surface area (Å²) in [5.41, 5.74) is 2.32. The number of carbonyl (C=O) groups is 3. The highest BCUT2D eigenvalue weighted by molar-refractivity contribution is 7.10. The van der Waals surface area contributed by atoms with Crippen LogP contribution in [-0.4, -0.2) is 30.9 Å². The van der Waals surface area contributed by atoms with E-state index < -0.39 is 30.4 Å². The first-order valence-electron chi connectivity index (χ1n) is 10.8. The first-order valence-corrected chi connectivity index (χ1v) is 11.7. The van der Waals surface area contributed by atoms with Crippen molar-refractivity contribution in [2.45, 2.75) is 19.4 Å². The molecule has 0 bridgehead atoms. The van der Waals surface area contributed by atoms with E-state index in [4.69, 9.17) is 10.00 Å². The van der Waals surface area contributed by atoms with Crippen LogP contribution in [0.15, 0.2) is 72.1 Å². The van der Waals surface area contributed by atoms with Crippen molar-refractivity contribution in [3.8, 4) is 6.07 Å². The molecular formula is C26H23N3O4S. The molecular weight excluding hydrogens is 450 g/mol. The van der Waals surface area contributed by atoms with E-state index in [0.717, 1.165) is 10.4 Å². The second kappa shape index (κ2) is 10.3. The number of esters is 1. The molecule has 2 atom stereocenters. The van der Waals surface area contributed by atoms with Crippen LogP contribution in [0.2, 0.25) is 0 Å². The van der Waals surface area contributed by atoms with Gasteiger partial charge in [0.15, 0.2) is 6.61 Å². The molecule has 0 N–H and O–H groups in total. The molecule has 4 rings (SSSR count). The minimum Gasteiger partial charge on any atom is -0.455 e. The van der Waals surface area contributed by atoms with E-state index in [0.29, 0.717) is 11.4 Å². The van der Waals surface area contributed by atoms with Gasteiger partial charge in [0.1, 0.15) is 6.54 Å². The lowest BCUT2D eigenvalue weighted by Gasteiger charge is -2.27. The maximum absolute atomic E-state index is 13.1. The van der Waals surface area contributed by atoms with E-state index in [1.54, 1.807) is 35.2 Å². The Morgan fingerprint density at radius 2 is 1.85 bits per heavy atom. The number of benzene rings is 2. The Bertz CT molecular complexity index is 1200. The quantitative estimate of drug-likeness (QED) is 0.378. The van der Waals surface area contributed by atoms with Crippen LogP contribution in [0.3, 0.4) is 0 Å². The normalized spacial score (nSPS) is 17.3. The molecule has 3 aromatic rings. The Labute approximate surface area is 201 Å². The fraction of sp³-hybridized carbons (Fsp3) is 0.231. The predicted octanol–water partition coefficient (Wildman–Crippen LogP) is 4.25. The third kappa shape index (κ3) is 4.85. The fourth-order valence-electron chi connectivity index (χ4n) is 4.06. The third-order valence-electron chi connectivity index (χ3n) is 5.71. The Kier molecular flexibility index (Phi) is 7.04. The number of hydrogen-bond acceptors (Lipinski definition) is 6. The van der Waals surface area contributed by atoms with Crippen LogP contribution in [0.25, 0.3) is 0 Å². The minimum atomic E-state index is -0.749. The molecule has 172 valence electrons. The van der Waals surface area contributed by atoms with Crippen molar-refractivity contribution >= 4 is 40.5 Å². The number of rotatable bonds is 7. The molecule has 0 aliphatic carbocycles. The van der Waals surface area contributed by atoms with E-state index in [1.807, 2.05) is 54.8 Å². The average Bonchev–Trinajstić information content (AvgIpc) is 3.50. The van der Waals surface area contributed by atoms with Crippen molar-refractivity contribution in [2.24, 2.45) is 5.92 Å². The summed E-state index contributed by atoms with van der Waals surface area (Å²) < 4.78 is 5.40. The maximum Gasteiger partial charge on any atom is 0.312 e. The topological polar surface area (TPSA) is 90.7 Å². The first-order chi connectivity index (χ1) is 16.5. The van der Waals surface area contributed by atoms with E-state index in [9.17, 15) is 14.4 Å². The summed E-state index contributed by atoms with van der Waals surface area (Å²) in [5, 5.41) is 11.0. The number of aryl methyl sites for hydroxylation is 1. The fourth-order valence-corrected chi connectivity index (χ4v) is 4.94. The lowest BCUT2D eigenvalue weighted by molar-refractivity contribution is -0.152. The van der Waals surface area contributed by atoms with Crippen LogP contribution in [-0.2, 0) is 19.1 Å². The number of thiophene rings is 1. The van der Waals surface area contributed by atoms with Crippen LogP contribution in [0, 0.1) is 24.2 Å². The molecule has 1 aromatic heterocycles. The molecule has 0 spiro atoms. The first kappa shape index (κ1) is 23.2. The second-order valence-electron chi connectivity index (χ2n) is 7.95. The SMILES string of the molecule is Cc1ccc(N2C(=O)CC(C(=O)OCC(=O)N(CC#N)c3ccccc3)C2c2cccs2)cc1. The molecule has 0 saturated carbocycles. The van der Waals surface area contributed by atoms with E-state index >= 15 is 0 Å². The number of para-hydroxylation sites is 1. The zero-order chi connectivity index (χ0) is 24.1. The number of amides is 2. The van der Waals surface area contributed by atoms with Crippen molar-refractivity contribution in [3.63, 3.8) is 0 Å². The molecule has 2 unspecified atom stereocenters. The summed E-state index contributed by atoms with van der Waals surface area (Å²) in [7, 11) is 0. The smallest absolute Gasteiger partial charge is 0.312 e. The summed E-state index contributed by atoms with van der Waals surface area (Å²) >= 11 is 1.47. The minimum absolute atomic E-state index is 0.00986. The van der Waals surface area contributed by atoms with Gasteiger partial charge in [-0.25, -0.2) is 0 Å². The number of nitrogens with zero attached hydrogens (tertiary/aromatic N) is 3.